The van der Waals surface area contributed by atoms with Crippen LogP contribution in [0.4, 0.5) is 0 Å². The number of carbonyl (C=O) groups is 1. The minimum Gasteiger partial charge on any atom is -0.466 e. The molecule has 0 radical (unpaired) electrons. The first-order chi connectivity index (χ1) is 26.7. The third-order valence-corrected chi connectivity index (χ3v) is 10.9. The van der Waals surface area contributed by atoms with Gasteiger partial charge in [-0.2, -0.15) is 0 Å². The maximum Gasteiger partial charge on any atom is 0.305 e. The van der Waals surface area contributed by atoms with Crippen LogP contribution < -0.4 is 0 Å². The van der Waals surface area contributed by atoms with Crippen molar-refractivity contribution in [3.63, 3.8) is 0 Å². The predicted molar refractivity (Wildman–Crippen MR) is 232 cm³/mol. The number of unbranched alkanes of at least 4 members (excludes halogenated alkanes) is 31. The summed E-state index contributed by atoms with van der Waals surface area (Å²) in [4.78, 5) is 12.3. The van der Waals surface area contributed by atoms with Crippen LogP contribution in [-0.4, -0.2) is 65.4 Å². The molecule has 0 aromatic heterocycles. The summed E-state index contributed by atoms with van der Waals surface area (Å²) in [6.45, 7) is 9.00. The monoisotopic (exact) mass is 769 g/mol. The molecule has 0 N–H and O–H groups in total. The molecule has 6 heteroatoms. The van der Waals surface area contributed by atoms with E-state index in [0.29, 0.717) is 45.9 Å². The van der Waals surface area contributed by atoms with Crippen LogP contribution in [0.3, 0.4) is 0 Å². The quantitative estimate of drug-likeness (QED) is 0.0454. The van der Waals surface area contributed by atoms with Crippen molar-refractivity contribution in [1.29, 1.82) is 0 Å². The number of carbonyl (C=O) groups excluding carboxylic acids is 1. The molecular formula is C48H96O6. The van der Waals surface area contributed by atoms with E-state index in [1.165, 1.54) is 193 Å². The van der Waals surface area contributed by atoms with E-state index in [0.717, 1.165) is 38.9 Å². The molecule has 0 aromatic carbocycles. The Kier molecular flexibility index (Phi) is 47.8. The fraction of sp³-hybridized carbons (Fsp3) is 0.979. The summed E-state index contributed by atoms with van der Waals surface area (Å²) >= 11 is 0. The van der Waals surface area contributed by atoms with Crippen LogP contribution in [0.15, 0.2) is 0 Å². The van der Waals surface area contributed by atoms with Crippen molar-refractivity contribution in [1.82, 2.24) is 0 Å². The summed E-state index contributed by atoms with van der Waals surface area (Å²) in [6.07, 6.45) is 46.8. The van der Waals surface area contributed by atoms with E-state index < -0.39 is 0 Å². The first kappa shape index (κ1) is 53.3. The summed E-state index contributed by atoms with van der Waals surface area (Å²) < 4.78 is 28.4. The fourth-order valence-electron chi connectivity index (χ4n) is 7.18. The van der Waals surface area contributed by atoms with Gasteiger partial charge in [0.1, 0.15) is 0 Å². The zero-order valence-electron chi connectivity index (χ0n) is 36.9. The van der Waals surface area contributed by atoms with Gasteiger partial charge >= 0.3 is 5.97 Å². The SMILES string of the molecule is CCCCCCCCCCCCCCCCCCOC[C@H](CCOC(=O)CCCCOCCOC)OCCCCCCCCCCCCCCCCCC. The second-order valence-corrected chi connectivity index (χ2v) is 16.2. The van der Waals surface area contributed by atoms with Crippen molar-refractivity contribution >= 4 is 5.97 Å². The van der Waals surface area contributed by atoms with E-state index in [4.69, 9.17) is 23.7 Å². The van der Waals surface area contributed by atoms with Crippen molar-refractivity contribution in [2.45, 2.75) is 251 Å². The molecule has 6 nitrogen and oxygen atoms in total. The highest BCUT2D eigenvalue weighted by Gasteiger charge is 2.12. The number of methoxy groups -OCH3 is 1. The molecule has 0 unspecified atom stereocenters. The van der Waals surface area contributed by atoms with Gasteiger partial charge in [-0.05, 0) is 25.7 Å². The lowest BCUT2D eigenvalue weighted by atomic mass is 10.0. The molecule has 0 fully saturated rings. The topological polar surface area (TPSA) is 63.2 Å². The molecule has 0 spiro atoms. The lowest BCUT2D eigenvalue weighted by Gasteiger charge is -2.18. The van der Waals surface area contributed by atoms with Gasteiger partial charge in [0.05, 0.1) is 32.5 Å². The summed E-state index contributed by atoms with van der Waals surface area (Å²) in [5, 5.41) is 0. The number of ether oxygens (including phenoxy) is 5. The Morgan fingerprint density at radius 2 is 0.759 bits per heavy atom. The normalized spacial score (nSPS) is 12.1. The lowest BCUT2D eigenvalue weighted by molar-refractivity contribution is -0.145. The maximum absolute atomic E-state index is 12.3. The van der Waals surface area contributed by atoms with E-state index in [-0.39, 0.29) is 12.1 Å². The van der Waals surface area contributed by atoms with Gasteiger partial charge in [-0.25, -0.2) is 0 Å². The molecule has 0 bridgehead atoms. The predicted octanol–water partition coefficient (Wildman–Crippen LogP) is 14.7. The number of rotatable bonds is 48. The number of esters is 1. The first-order valence-corrected chi connectivity index (χ1v) is 24.2. The molecule has 0 aromatic rings. The average molecular weight is 769 g/mol. The van der Waals surface area contributed by atoms with Crippen LogP contribution in [0.25, 0.3) is 0 Å². The number of hydrogen-bond acceptors (Lipinski definition) is 6. The largest absolute Gasteiger partial charge is 0.466 e. The lowest BCUT2D eigenvalue weighted by Crippen LogP contribution is -2.23. The minimum atomic E-state index is -0.127. The maximum atomic E-state index is 12.3. The molecular weight excluding hydrogens is 673 g/mol. The summed E-state index contributed by atoms with van der Waals surface area (Å²) in [7, 11) is 1.67. The highest BCUT2D eigenvalue weighted by atomic mass is 16.5. The number of hydrogen-bond donors (Lipinski definition) is 0. The smallest absolute Gasteiger partial charge is 0.305 e. The van der Waals surface area contributed by atoms with Crippen molar-refractivity contribution in [3.8, 4) is 0 Å². The fourth-order valence-corrected chi connectivity index (χ4v) is 7.18. The van der Waals surface area contributed by atoms with Gasteiger partial charge in [0, 0.05) is 39.8 Å². The Balaban J connectivity index is 3.98. The van der Waals surface area contributed by atoms with Gasteiger partial charge in [0.2, 0.25) is 0 Å². The molecule has 0 aliphatic carbocycles. The zero-order chi connectivity index (χ0) is 39.1. The summed E-state index contributed by atoms with van der Waals surface area (Å²) in [6, 6.07) is 0. The van der Waals surface area contributed by atoms with Gasteiger partial charge in [0.15, 0.2) is 0 Å². The van der Waals surface area contributed by atoms with Crippen molar-refractivity contribution in [2.75, 3.05) is 53.4 Å². The molecule has 0 saturated carbocycles. The minimum absolute atomic E-state index is 0.00983. The average Bonchev–Trinajstić information content (AvgIpc) is 3.18. The Bertz CT molecular complexity index is 688. The van der Waals surface area contributed by atoms with Crippen LogP contribution in [0, 0.1) is 0 Å². The third kappa shape index (κ3) is 45.7. The van der Waals surface area contributed by atoms with Crippen LogP contribution in [0.2, 0.25) is 0 Å². The van der Waals surface area contributed by atoms with E-state index in [9.17, 15) is 4.79 Å². The Morgan fingerprint density at radius 1 is 0.389 bits per heavy atom. The Hall–Kier alpha value is -0.690. The Morgan fingerprint density at radius 3 is 1.19 bits per heavy atom. The molecule has 54 heavy (non-hydrogen) atoms. The molecule has 0 aliphatic heterocycles. The summed E-state index contributed by atoms with van der Waals surface area (Å²) in [5.74, 6) is -0.127. The van der Waals surface area contributed by atoms with E-state index in [2.05, 4.69) is 13.8 Å². The van der Waals surface area contributed by atoms with E-state index in [1.807, 2.05) is 0 Å². The standard InChI is InChI=1S/C48H96O6/c1-4-6-8-10-12-14-16-18-20-22-24-26-28-30-32-35-41-52-46-47(39-43-54-48(49)38-34-37-40-51-45-44-50-3)53-42-36-33-31-29-27-25-23-21-19-17-15-13-11-9-7-5-2/h47H,4-46H2,1-3H3/t47-/m0/s1. The molecule has 1 atom stereocenters. The van der Waals surface area contributed by atoms with Crippen LogP contribution in [0.5, 0.6) is 0 Å². The van der Waals surface area contributed by atoms with Crippen molar-refractivity contribution in [3.05, 3.63) is 0 Å². The molecule has 324 valence electrons. The molecule has 0 heterocycles. The van der Waals surface area contributed by atoms with Crippen LogP contribution >= 0.6 is 0 Å². The van der Waals surface area contributed by atoms with Crippen molar-refractivity contribution in [2.24, 2.45) is 0 Å². The van der Waals surface area contributed by atoms with Gasteiger partial charge in [-0.15, -0.1) is 0 Å². The first-order valence-electron chi connectivity index (χ1n) is 24.2. The zero-order valence-corrected chi connectivity index (χ0v) is 36.9. The van der Waals surface area contributed by atoms with Gasteiger partial charge in [-0.1, -0.05) is 206 Å². The Labute approximate surface area is 338 Å². The second-order valence-electron chi connectivity index (χ2n) is 16.2. The summed E-state index contributed by atoms with van der Waals surface area (Å²) in [5.41, 5.74) is 0. The highest BCUT2D eigenvalue weighted by Crippen LogP contribution is 2.16. The van der Waals surface area contributed by atoms with Gasteiger partial charge in [0.25, 0.3) is 0 Å². The second kappa shape index (κ2) is 48.5. The van der Waals surface area contributed by atoms with E-state index >= 15 is 0 Å². The third-order valence-electron chi connectivity index (χ3n) is 10.9. The van der Waals surface area contributed by atoms with Gasteiger partial charge in [-0.3, -0.25) is 4.79 Å². The molecule has 0 aliphatic rings. The van der Waals surface area contributed by atoms with Crippen LogP contribution in [0.1, 0.15) is 245 Å². The van der Waals surface area contributed by atoms with Gasteiger partial charge < -0.3 is 23.7 Å². The highest BCUT2D eigenvalue weighted by molar-refractivity contribution is 5.69. The molecule has 0 amide bonds. The van der Waals surface area contributed by atoms with Crippen molar-refractivity contribution < 1.29 is 28.5 Å². The molecule has 0 rings (SSSR count). The van der Waals surface area contributed by atoms with E-state index in [1.54, 1.807) is 7.11 Å². The van der Waals surface area contributed by atoms with Crippen LogP contribution in [-0.2, 0) is 28.5 Å². The molecule has 0 saturated heterocycles.